The summed E-state index contributed by atoms with van der Waals surface area (Å²) in [4.78, 5) is 0. The summed E-state index contributed by atoms with van der Waals surface area (Å²) in [6, 6.07) is 0.0709. The van der Waals surface area contributed by atoms with Gasteiger partial charge >= 0.3 is 0 Å². The quantitative estimate of drug-likeness (QED) is 0.533. The maximum absolute atomic E-state index is 6.07. The van der Waals surface area contributed by atoms with Crippen LogP contribution in [0.4, 0.5) is 0 Å². The zero-order valence-electron chi connectivity index (χ0n) is 8.31. The second-order valence-corrected chi connectivity index (χ2v) is 3.96. The predicted octanol–water partition coefficient (Wildman–Crippen LogP) is 1.33. The summed E-state index contributed by atoms with van der Waals surface area (Å²) in [6.07, 6.45) is 2.06. The molecule has 2 nitrogen and oxygen atoms in total. The summed E-state index contributed by atoms with van der Waals surface area (Å²) in [5, 5.41) is 0. The van der Waals surface area contributed by atoms with Crippen LogP contribution in [0.25, 0.3) is 0 Å². The molecule has 0 radical (unpaired) electrons. The van der Waals surface area contributed by atoms with E-state index >= 15 is 0 Å². The molecule has 1 rings (SSSR count). The lowest BCUT2D eigenvalue weighted by atomic mass is 9.79. The van der Waals surface area contributed by atoms with E-state index in [9.17, 15) is 0 Å². The molecule has 0 fully saturated rings. The standard InChI is InChI=1S/C10H18N2/c1-6-5-10(4,12)8(3)7(2)9(6)11/h5,9H,11-12H2,1-4H3. The molecule has 0 saturated heterocycles. The Balaban J connectivity index is 3.15. The van der Waals surface area contributed by atoms with Crippen LogP contribution in [0.2, 0.25) is 0 Å². The number of hydrogen-bond donors (Lipinski definition) is 2. The van der Waals surface area contributed by atoms with Gasteiger partial charge in [0.1, 0.15) is 0 Å². The van der Waals surface area contributed by atoms with Crippen LogP contribution in [0.3, 0.4) is 0 Å². The van der Waals surface area contributed by atoms with Crippen LogP contribution in [0.5, 0.6) is 0 Å². The van der Waals surface area contributed by atoms with Gasteiger partial charge in [0.25, 0.3) is 0 Å². The lowest BCUT2D eigenvalue weighted by Gasteiger charge is -2.33. The molecule has 0 spiro atoms. The Morgan fingerprint density at radius 3 is 2.33 bits per heavy atom. The fraction of sp³-hybridized carbons (Fsp3) is 0.600. The van der Waals surface area contributed by atoms with Gasteiger partial charge in [-0.25, -0.2) is 0 Å². The van der Waals surface area contributed by atoms with Crippen LogP contribution in [0.1, 0.15) is 27.7 Å². The van der Waals surface area contributed by atoms with Gasteiger partial charge in [-0.1, -0.05) is 17.2 Å². The highest BCUT2D eigenvalue weighted by molar-refractivity contribution is 5.41. The summed E-state index contributed by atoms with van der Waals surface area (Å²) in [6.45, 7) is 8.16. The van der Waals surface area contributed by atoms with Crippen LogP contribution in [-0.2, 0) is 0 Å². The molecule has 0 bridgehead atoms. The molecule has 2 heteroatoms. The van der Waals surface area contributed by atoms with Crippen molar-refractivity contribution < 1.29 is 0 Å². The molecule has 12 heavy (non-hydrogen) atoms. The Bertz CT molecular complexity index is 259. The first-order valence-electron chi connectivity index (χ1n) is 4.28. The van der Waals surface area contributed by atoms with E-state index in [-0.39, 0.29) is 11.6 Å². The first kappa shape index (κ1) is 9.49. The minimum absolute atomic E-state index is 0.0709. The minimum atomic E-state index is -0.302. The summed E-state index contributed by atoms with van der Waals surface area (Å²) in [5.74, 6) is 0. The highest BCUT2D eigenvalue weighted by atomic mass is 14.7. The topological polar surface area (TPSA) is 52.0 Å². The molecule has 0 aromatic heterocycles. The van der Waals surface area contributed by atoms with Gasteiger partial charge in [0.2, 0.25) is 0 Å². The first-order valence-corrected chi connectivity index (χ1v) is 4.28. The minimum Gasteiger partial charge on any atom is -0.321 e. The fourth-order valence-electron chi connectivity index (χ4n) is 1.67. The zero-order chi connectivity index (χ0) is 9.52. The smallest absolute Gasteiger partial charge is 0.0529 e. The van der Waals surface area contributed by atoms with Crippen LogP contribution in [0, 0.1) is 0 Å². The second kappa shape index (κ2) is 2.71. The van der Waals surface area contributed by atoms with Gasteiger partial charge in [0.05, 0.1) is 5.54 Å². The Morgan fingerprint density at radius 1 is 1.33 bits per heavy atom. The zero-order valence-corrected chi connectivity index (χ0v) is 8.31. The van der Waals surface area contributed by atoms with Gasteiger partial charge in [0, 0.05) is 6.04 Å². The van der Waals surface area contributed by atoms with E-state index in [4.69, 9.17) is 11.5 Å². The maximum atomic E-state index is 6.07. The van der Waals surface area contributed by atoms with Crippen LogP contribution < -0.4 is 11.5 Å². The van der Waals surface area contributed by atoms with Gasteiger partial charge < -0.3 is 11.5 Å². The van der Waals surface area contributed by atoms with Gasteiger partial charge in [-0.15, -0.1) is 0 Å². The summed E-state index contributed by atoms with van der Waals surface area (Å²) >= 11 is 0. The Kier molecular flexibility index (Phi) is 2.15. The molecule has 0 aromatic rings. The van der Waals surface area contributed by atoms with Crippen LogP contribution >= 0.6 is 0 Å². The molecular weight excluding hydrogens is 148 g/mol. The normalized spacial score (nSPS) is 36.8. The molecule has 0 heterocycles. The van der Waals surface area contributed by atoms with Crippen molar-refractivity contribution in [3.63, 3.8) is 0 Å². The lowest BCUT2D eigenvalue weighted by Crippen LogP contribution is -2.42. The molecule has 1 aliphatic carbocycles. The lowest BCUT2D eigenvalue weighted by molar-refractivity contribution is 0.630. The van der Waals surface area contributed by atoms with Crippen molar-refractivity contribution in [2.24, 2.45) is 11.5 Å². The highest BCUT2D eigenvalue weighted by Crippen LogP contribution is 2.28. The monoisotopic (exact) mass is 166 g/mol. The van der Waals surface area contributed by atoms with Crippen molar-refractivity contribution in [1.29, 1.82) is 0 Å². The van der Waals surface area contributed by atoms with E-state index in [0.717, 1.165) is 0 Å². The molecule has 68 valence electrons. The Labute approximate surface area is 74.3 Å². The molecule has 0 saturated carbocycles. The number of rotatable bonds is 0. The SMILES string of the molecule is CC1=CC(C)(N)C(C)=C(C)C1N. The van der Waals surface area contributed by atoms with Crippen molar-refractivity contribution in [2.45, 2.75) is 39.3 Å². The predicted molar refractivity (Wildman–Crippen MR) is 52.7 cm³/mol. The number of hydrogen-bond acceptors (Lipinski definition) is 2. The third kappa shape index (κ3) is 1.32. The molecule has 2 atom stereocenters. The van der Waals surface area contributed by atoms with Crippen LogP contribution in [-0.4, -0.2) is 11.6 Å². The maximum Gasteiger partial charge on any atom is 0.0529 e. The van der Waals surface area contributed by atoms with Crippen molar-refractivity contribution >= 4 is 0 Å². The third-order valence-electron chi connectivity index (χ3n) is 2.88. The van der Waals surface area contributed by atoms with Crippen molar-refractivity contribution in [2.75, 3.05) is 0 Å². The summed E-state index contributed by atoms with van der Waals surface area (Å²) in [5.41, 5.74) is 15.3. The van der Waals surface area contributed by atoms with Crippen molar-refractivity contribution in [1.82, 2.24) is 0 Å². The molecule has 0 amide bonds. The van der Waals surface area contributed by atoms with Crippen molar-refractivity contribution in [3.8, 4) is 0 Å². The first-order chi connectivity index (χ1) is 5.36. The molecular formula is C10H18N2. The van der Waals surface area contributed by atoms with Gasteiger partial charge in [-0.3, -0.25) is 0 Å². The van der Waals surface area contributed by atoms with E-state index in [1.807, 2.05) is 13.8 Å². The Hall–Kier alpha value is -0.600. The van der Waals surface area contributed by atoms with Gasteiger partial charge in [0.15, 0.2) is 0 Å². The average Bonchev–Trinajstić information content (AvgIpc) is 1.97. The van der Waals surface area contributed by atoms with Crippen molar-refractivity contribution in [3.05, 3.63) is 22.8 Å². The van der Waals surface area contributed by atoms with E-state index in [0.29, 0.717) is 0 Å². The van der Waals surface area contributed by atoms with E-state index < -0.39 is 0 Å². The van der Waals surface area contributed by atoms with E-state index in [1.165, 1.54) is 16.7 Å². The second-order valence-electron chi connectivity index (χ2n) is 3.96. The van der Waals surface area contributed by atoms with Gasteiger partial charge in [-0.05, 0) is 33.3 Å². The highest BCUT2D eigenvalue weighted by Gasteiger charge is 2.27. The largest absolute Gasteiger partial charge is 0.321 e. The summed E-state index contributed by atoms with van der Waals surface area (Å²) in [7, 11) is 0. The Morgan fingerprint density at radius 2 is 1.83 bits per heavy atom. The molecule has 2 unspecified atom stereocenters. The number of nitrogens with two attached hydrogens (primary N) is 2. The fourth-order valence-corrected chi connectivity index (χ4v) is 1.67. The molecule has 0 aliphatic heterocycles. The van der Waals surface area contributed by atoms with E-state index in [2.05, 4.69) is 19.9 Å². The molecule has 0 aromatic carbocycles. The average molecular weight is 166 g/mol. The third-order valence-corrected chi connectivity index (χ3v) is 2.88. The van der Waals surface area contributed by atoms with E-state index in [1.54, 1.807) is 0 Å². The molecule has 4 N–H and O–H groups in total. The molecule has 1 aliphatic rings. The summed E-state index contributed by atoms with van der Waals surface area (Å²) < 4.78 is 0. The van der Waals surface area contributed by atoms with Gasteiger partial charge in [-0.2, -0.15) is 0 Å². The van der Waals surface area contributed by atoms with Crippen LogP contribution in [0.15, 0.2) is 22.8 Å².